The Hall–Kier alpha value is -1.86. The number of hydrogen-bond donors (Lipinski definition) is 2. The summed E-state index contributed by atoms with van der Waals surface area (Å²) in [4.78, 5) is 19.0. The second kappa shape index (κ2) is 9.01. The van der Waals surface area contributed by atoms with Crippen LogP contribution in [0, 0.1) is 5.92 Å². The monoisotopic (exact) mass is 348 g/mol. The van der Waals surface area contributed by atoms with Gasteiger partial charge in [-0.1, -0.05) is 0 Å². The summed E-state index contributed by atoms with van der Waals surface area (Å²) in [6.45, 7) is 6.87. The second-order valence-corrected chi connectivity index (χ2v) is 6.56. The van der Waals surface area contributed by atoms with E-state index in [4.69, 9.17) is 9.47 Å². The molecule has 0 aliphatic carbocycles. The number of urea groups is 1. The van der Waals surface area contributed by atoms with Crippen molar-refractivity contribution in [3.05, 3.63) is 18.3 Å². The molecule has 0 spiro atoms. The van der Waals surface area contributed by atoms with E-state index < -0.39 is 0 Å². The van der Waals surface area contributed by atoms with Crippen molar-refractivity contribution in [3.63, 3.8) is 0 Å². The van der Waals surface area contributed by atoms with Gasteiger partial charge in [0, 0.05) is 31.3 Å². The van der Waals surface area contributed by atoms with Crippen LogP contribution in [0.5, 0.6) is 5.88 Å². The van der Waals surface area contributed by atoms with Gasteiger partial charge in [-0.3, -0.25) is 4.90 Å². The number of aromatic nitrogens is 1. The summed E-state index contributed by atoms with van der Waals surface area (Å²) in [5, 5.41) is 5.87. The standard InChI is InChI=1S/C18H28N4O3/c1-2-25-17-15(6-5-8-19-17)21-18(23)20-12-16(14-7-11-24-13-14)22-9-3-4-10-22/h5-6,8,14,16H,2-4,7,9-13H2,1H3,(H2,20,21,23). The molecule has 0 bridgehead atoms. The minimum absolute atomic E-state index is 0.225. The molecule has 2 saturated heterocycles. The highest BCUT2D eigenvalue weighted by Crippen LogP contribution is 2.24. The molecule has 2 aliphatic heterocycles. The number of carbonyl (C=O) groups excluding carboxylic acids is 1. The third-order valence-electron chi connectivity index (χ3n) is 4.89. The lowest BCUT2D eigenvalue weighted by Gasteiger charge is -2.32. The van der Waals surface area contributed by atoms with Crippen LogP contribution >= 0.6 is 0 Å². The first-order valence-electron chi connectivity index (χ1n) is 9.22. The van der Waals surface area contributed by atoms with Crippen LogP contribution in [0.2, 0.25) is 0 Å². The zero-order chi connectivity index (χ0) is 17.5. The SMILES string of the molecule is CCOc1ncccc1NC(=O)NCC(C1CCOC1)N1CCCC1. The van der Waals surface area contributed by atoms with E-state index >= 15 is 0 Å². The molecule has 2 N–H and O–H groups in total. The van der Waals surface area contributed by atoms with Crippen molar-refractivity contribution >= 4 is 11.7 Å². The molecule has 0 saturated carbocycles. The maximum absolute atomic E-state index is 12.3. The molecule has 2 amide bonds. The number of amides is 2. The molecule has 1 aromatic heterocycles. The van der Waals surface area contributed by atoms with Crippen molar-refractivity contribution in [1.82, 2.24) is 15.2 Å². The van der Waals surface area contributed by atoms with E-state index in [0.717, 1.165) is 32.7 Å². The molecule has 2 aliphatic rings. The lowest BCUT2D eigenvalue weighted by molar-refractivity contribution is 0.135. The lowest BCUT2D eigenvalue weighted by Crippen LogP contribution is -2.48. The summed E-state index contributed by atoms with van der Waals surface area (Å²) < 4.78 is 11.0. The quantitative estimate of drug-likeness (QED) is 0.789. The predicted molar refractivity (Wildman–Crippen MR) is 95.9 cm³/mol. The van der Waals surface area contributed by atoms with E-state index in [1.165, 1.54) is 12.8 Å². The molecule has 2 atom stereocenters. The fraction of sp³-hybridized carbons (Fsp3) is 0.667. The van der Waals surface area contributed by atoms with E-state index in [0.29, 0.717) is 36.7 Å². The van der Waals surface area contributed by atoms with Crippen LogP contribution in [-0.4, -0.2) is 61.4 Å². The number of nitrogens with zero attached hydrogens (tertiary/aromatic N) is 2. The van der Waals surface area contributed by atoms with Gasteiger partial charge in [0.15, 0.2) is 0 Å². The molecule has 25 heavy (non-hydrogen) atoms. The van der Waals surface area contributed by atoms with E-state index in [9.17, 15) is 4.79 Å². The van der Waals surface area contributed by atoms with E-state index in [2.05, 4.69) is 20.5 Å². The topological polar surface area (TPSA) is 75.7 Å². The van der Waals surface area contributed by atoms with Gasteiger partial charge in [-0.05, 0) is 51.4 Å². The van der Waals surface area contributed by atoms with Gasteiger partial charge in [0.05, 0.1) is 13.2 Å². The first-order chi connectivity index (χ1) is 12.3. The van der Waals surface area contributed by atoms with Gasteiger partial charge < -0.3 is 20.1 Å². The van der Waals surface area contributed by atoms with Gasteiger partial charge in [0.25, 0.3) is 0 Å². The number of nitrogens with one attached hydrogen (secondary N) is 2. The average Bonchev–Trinajstić information content (AvgIpc) is 3.31. The molecular weight excluding hydrogens is 320 g/mol. The molecule has 0 aromatic carbocycles. The molecule has 7 nitrogen and oxygen atoms in total. The first kappa shape index (κ1) is 17.9. The number of hydrogen-bond acceptors (Lipinski definition) is 5. The Morgan fingerprint density at radius 2 is 2.32 bits per heavy atom. The molecular formula is C18H28N4O3. The second-order valence-electron chi connectivity index (χ2n) is 6.56. The van der Waals surface area contributed by atoms with Gasteiger partial charge >= 0.3 is 6.03 Å². The van der Waals surface area contributed by atoms with Crippen LogP contribution in [0.15, 0.2) is 18.3 Å². The Morgan fingerprint density at radius 1 is 1.48 bits per heavy atom. The van der Waals surface area contributed by atoms with Gasteiger partial charge in [0.2, 0.25) is 5.88 Å². The first-order valence-corrected chi connectivity index (χ1v) is 9.22. The number of likely N-dealkylation sites (tertiary alicyclic amines) is 1. The van der Waals surface area contributed by atoms with Crippen molar-refractivity contribution in [2.75, 3.05) is 44.8 Å². The van der Waals surface area contributed by atoms with Crippen molar-refractivity contribution < 1.29 is 14.3 Å². The summed E-state index contributed by atoms with van der Waals surface area (Å²) in [6, 6.07) is 3.69. The average molecular weight is 348 g/mol. The highest BCUT2D eigenvalue weighted by molar-refractivity contribution is 5.90. The number of pyridine rings is 1. The van der Waals surface area contributed by atoms with Crippen molar-refractivity contribution in [2.45, 2.75) is 32.2 Å². The van der Waals surface area contributed by atoms with Crippen molar-refractivity contribution in [1.29, 1.82) is 0 Å². The van der Waals surface area contributed by atoms with Gasteiger partial charge in [-0.2, -0.15) is 0 Å². The van der Waals surface area contributed by atoms with E-state index in [1.54, 1.807) is 18.3 Å². The van der Waals surface area contributed by atoms with Crippen LogP contribution < -0.4 is 15.4 Å². The highest BCUT2D eigenvalue weighted by Gasteiger charge is 2.32. The normalized spacial score (nSPS) is 21.9. The van der Waals surface area contributed by atoms with Crippen molar-refractivity contribution in [3.8, 4) is 5.88 Å². The fourth-order valence-corrected chi connectivity index (χ4v) is 3.62. The number of anilines is 1. The Balaban J connectivity index is 1.56. The van der Waals surface area contributed by atoms with Crippen LogP contribution in [0.4, 0.5) is 10.5 Å². The Labute approximate surface area is 149 Å². The third-order valence-corrected chi connectivity index (χ3v) is 4.89. The summed E-state index contributed by atoms with van der Waals surface area (Å²) in [5.74, 6) is 0.941. The molecule has 2 fully saturated rings. The molecule has 2 unspecified atom stereocenters. The predicted octanol–water partition coefficient (Wildman–Crippen LogP) is 2.10. The van der Waals surface area contributed by atoms with Gasteiger partial charge in [-0.15, -0.1) is 0 Å². The summed E-state index contributed by atoms with van der Waals surface area (Å²) in [6.07, 6.45) is 5.20. The van der Waals surface area contributed by atoms with E-state index in [1.807, 2.05) is 6.92 Å². The van der Waals surface area contributed by atoms with Crippen LogP contribution in [0.25, 0.3) is 0 Å². The largest absolute Gasteiger partial charge is 0.476 e. The molecule has 0 radical (unpaired) electrons. The molecule has 7 heteroatoms. The van der Waals surface area contributed by atoms with Gasteiger partial charge in [-0.25, -0.2) is 9.78 Å². The van der Waals surface area contributed by atoms with E-state index in [-0.39, 0.29) is 6.03 Å². The minimum atomic E-state index is -0.225. The number of ether oxygens (including phenoxy) is 2. The third kappa shape index (κ3) is 4.83. The smallest absolute Gasteiger partial charge is 0.319 e. The van der Waals surface area contributed by atoms with Gasteiger partial charge in [0.1, 0.15) is 5.69 Å². The Kier molecular flexibility index (Phi) is 6.47. The zero-order valence-corrected chi connectivity index (χ0v) is 14.9. The number of rotatable bonds is 7. The maximum Gasteiger partial charge on any atom is 0.319 e. The number of carbonyl (C=O) groups is 1. The summed E-state index contributed by atoms with van der Waals surface area (Å²) >= 11 is 0. The Morgan fingerprint density at radius 3 is 3.04 bits per heavy atom. The minimum Gasteiger partial charge on any atom is -0.476 e. The molecule has 3 rings (SSSR count). The summed E-state index contributed by atoms with van der Waals surface area (Å²) in [5.41, 5.74) is 0.587. The summed E-state index contributed by atoms with van der Waals surface area (Å²) in [7, 11) is 0. The van der Waals surface area contributed by atoms with Crippen LogP contribution in [0.1, 0.15) is 26.2 Å². The van der Waals surface area contributed by atoms with Crippen LogP contribution in [0.3, 0.4) is 0 Å². The zero-order valence-electron chi connectivity index (χ0n) is 14.9. The van der Waals surface area contributed by atoms with Crippen molar-refractivity contribution in [2.24, 2.45) is 5.92 Å². The maximum atomic E-state index is 12.3. The fourth-order valence-electron chi connectivity index (χ4n) is 3.62. The molecule has 138 valence electrons. The van der Waals surface area contributed by atoms with Crippen LogP contribution in [-0.2, 0) is 4.74 Å². The Bertz CT molecular complexity index is 541. The molecule has 3 heterocycles. The highest BCUT2D eigenvalue weighted by atomic mass is 16.5. The lowest BCUT2D eigenvalue weighted by atomic mass is 9.97. The molecule has 1 aromatic rings.